The van der Waals surface area contributed by atoms with Crippen molar-refractivity contribution >= 4 is 71.1 Å². The van der Waals surface area contributed by atoms with Crippen molar-refractivity contribution in [3.05, 3.63) is 0 Å². The fourth-order valence-corrected chi connectivity index (χ4v) is 5.20. The molecule has 0 radical (unpaired) electrons. The molecule has 1 N–H and O–H groups in total. The predicted molar refractivity (Wildman–Crippen MR) is 132 cm³/mol. The molecule has 3 atom stereocenters. The molecular formula is C19H34O8S4. The normalized spacial score (nSPS) is 16.8. The minimum absolute atomic E-state index is 0.0655. The van der Waals surface area contributed by atoms with Gasteiger partial charge in [-0.05, 0) is 0 Å². The Morgan fingerprint density at radius 1 is 0.677 bits per heavy atom. The first-order valence-electron chi connectivity index (χ1n) is 9.88. The molecule has 0 rings (SSSR count). The number of esters is 3. The lowest BCUT2D eigenvalue weighted by atomic mass is 10.3. The Labute approximate surface area is 202 Å². The maximum Gasteiger partial charge on any atom is 0.347 e. The summed E-state index contributed by atoms with van der Waals surface area (Å²) in [5.74, 6) is -1.21. The number of rotatable bonds is 15. The first-order chi connectivity index (χ1) is 14.4. The second kappa shape index (κ2) is 16.0. The van der Waals surface area contributed by atoms with E-state index >= 15 is 0 Å². The zero-order chi connectivity index (χ0) is 24.0. The largest absolute Gasteiger partial charge is 0.474 e. The molecule has 0 aliphatic heterocycles. The first kappa shape index (κ1) is 30.3. The number of thiol groups is 3. The van der Waals surface area contributed by atoms with Crippen LogP contribution in [-0.2, 0) is 28.6 Å². The molecule has 182 valence electrons. The van der Waals surface area contributed by atoms with Crippen LogP contribution in [0, 0.1) is 0 Å². The average molecular weight is 519 g/mol. The number of carbonyl (C=O) groups is 4. The van der Waals surface area contributed by atoms with Crippen LogP contribution in [0.2, 0.25) is 0 Å². The van der Waals surface area contributed by atoms with Crippen LogP contribution in [0.5, 0.6) is 0 Å². The quantitative estimate of drug-likeness (QED) is 0.148. The lowest BCUT2D eigenvalue weighted by Gasteiger charge is -2.34. The highest BCUT2D eigenvalue weighted by molar-refractivity contribution is 8.44. The summed E-state index contributed by atoms with van der Waals surface area (Å²) in [6.45, 7) is 4.96. The van der Waals surface area contributed by atoms with E-state index in [4.69, 9.17) is 14.2 Å². The van der Waals surface area contributed by atoms with E-state index < -0.39 is 33.2 Å². The van der Waals surface area contributed by atoms with Gasteiger partial charge in [0.1, 0.15) is 0 Å². The highest BCUT2D eigenvalue weighted by atomic mass is 32.3. The smallest absolute Gasteiger partial charge is 0.347 e. The van der Waals surface area contributed by atoms with Crippen LogP contribution in [0.3, 0.4) is 0 Å². The monoisotopic (exact) mass is 518 g/mol. The minimum Gasteiger partial charge on any atom is -0.474 e. The van der Waals surface area contributed by atoms with E-state index in [0.717, 1.165) is 0 Å². The minimum atomic E-state index is -2.46. The van der Waals surface area contributed by atoms with Crippen molar-refractivity contribution < 1.29 is 38.5 Å². The van der Waals surface area contributed by atoms with E-state index in [1.54, 1.807) is 20.8 Å². The maximum atomic E-state index is 12.2. The van der Waals surface area contributed by atoms with E-state index in [0.29, 0.717) is 0 Å². The zero-order valence-corrected chi connectivity index (χ0v) is 21.7. The molecule has 0 aromatic carbocycles. The van der Waals surface area contributed by atoms with E-state index in [1.165, 1.54) is 0 Å². The van der Waals surface area contributed by atoms with Crippen molar-refractivity contribution in [1.29, 1.82) is 0 Å². The maximum absolute atomic E-state index is 12.2. The van der Waals surface area contributed by atoms with Crippen LogP contribution in [0.25, 0.3) is 0 Å². The Morgan fingerprint density at radius 2 is 0.935 bits per heavy atom. The number of hydrogen-bond donors (Lipinski definition) is 4. The van der Waals surface area contributed by atoms with Crippen LogP contribution in [0.1, 0.15) is 40.0 Å². The summed E-state index contributed by atoms with van der Waals surface area (Å²) in [4.78, 5) is 47.4. The van der Waals surface area contributed by atoms with Gasteiger partial charge >= 0.3 is 23.2 Å². The van der Waals surface area contributed by atoms with Crippen molar-refractivity contribution in [3.63, 3.8) is 0 Å². The molecule has 0 amide bonds. The summed E-state index contributed by atoms with van der Waals surface area (Å²) in [6, 6.07) is 0. The highest BCUT2D eigenvalue weighted by Gasteiger charge is 2.33. The Kier molecular flexibility index (Phi) is 15.6. The van der Waals surface area contributed by atoms with Crippen molar-refractivity contribution in [2.45, 2.75) is 55.8 Å². The van der Waals surface area contributed by atoms with Crippen LogP contribution < -0.4 is 0 Å². The van der Waals surface area contributed by atoms with Gasteiger partial charge in [0.05, 0.1) is 39.1 Å². The topological polar surface area (TPSA) is 116 Å². The molecule has 12 heteroatoms. The van der Waals surface area contributed by atoms with Gasteiger partial charge in [-0.3, -0.25) is 14.4 Å². The van der Waals surface area contributed by atoms with Crippen molar-refractivity contribution in [2.24, 2.45) is 0 Å². The lowest BCUT2D eigenvalue weighted by molar-refractivity contribution is -0.143. The molecule has 31 heavy (non-hydrogen) atoms. The molecule has 0 aliphatic rings. The molecule has 8 nitrogen and oxygen atoms in total. The molecule has 0 bridgehead atoms. The van der Waals surface area contributed by atoms with Gasteiger partial charge in [0, 0.05) is 33.0 Å². The van der Waals surface area contributed by atoms with E-state index in [2.05, 4.69) is 37.9 Å². The Hall–Kier alpha value is -0.720. The molecule has 3 unspecified atom stereocenters. The predicted octanol–water partition coefficient (Wildman–Crippen LogP) is 3.22. The Morgan fingerprint density at radius 3 is 1.13 bits per heavy atom. The fraction of sp³-hybridized carbons (Fsp3) is 0.789. The third-order valence-electron chi connectivity index (χ3n) is 3.97. The van der Waals surface area contributed by atoms with Crippen molar-refractivity contribution in [3.8, 4) is 0 Å². The van der Waals surface area contributed by atoms with Gasteiger partial charge < -0.3 is 19.3 Å². The molecule has 0 aromatic rings. The number of hydrogen-bond acceptors (Lipinski definition) is 10. The molecule has 0 aromatic heterocycles. The summed E-state index contributed by atoms with van der Waals surface area (Å²) in [7, 11) is -2.46. The summed E-state index contributed by atoms with van der Waals surface area (Å²) in [5.41, 5.74) is 0. The van der Waals surface area contributed by atoms with Gasteiger partial charge in [0.15, 0.2) is 0 Å². The molecular weight excluding hydrogens is 484 g/mol. The molecule has 0 saturated carbocycles. The number of carbonyl (C=O) groups excluding carboxylic acids is 3. The van der Waals surface area contributed by atoms with Gasteiger partial charge in [0.25, 0.3) is 0 Å². The van der Waals surface area contributed by atoms with Crippen LogP contribution in [-0.4, -0.2) is 81.1 Å². The summed E-state index contributed by atoms with van der Waals surface area (Å²) >= 11 is 12.4. The van der Waals surface area contributed by atoms with Crippen LogP contribution in [0.4, 0.5) is 4.79 Å². The lowest BCUT2D eigenvalue weighted by Crippen LogP contribution is -2.29. The number of carboxylic acid groups (broad SMARTS) is 1. The van der Waals surface area contributed by atoms with Crippen molar-refractivity contribution in [2.75, 3.05) is 37.1 Å². The molecule has 0 fully saturated rings. The van der Waals surface area contributed by atoms with Gasteiger partial charge in [-0.2, -0.15) is 37.9 Å². The SMILES string of the molecule is CC(S)CC(=O)OCCS(CCOC(=O)CC(C)S)(CCOC(=O)CC(C)S)C(=O)O. The first-order valence-corrected chi connectivity index (χ1v) is 13.6. The van der Waals surface area contributed by atoms with Gasteiger partial charge in [0.2, 0.25) is 0 Å². The second-order valence-electron chi connectivity index (χ2n) is 7.24. The molecule has 0 saturated heterocycles. The summed E-state index contributed by atoms with van der Waals surface area (Å²) < 4.78 is 15.5. The molecule has 0 heterocycles. The fourth-order valence-electron chi connectivity index (χ4n) is 2.41. The Balaban J connectivity index is 5.04. The second-order valence-corrected chi connectivity index (χ2v) is 13.6. The Bertz CT molecular complexity index is 526. The third kappa shape index (κ3) is 14.9. The van der Waals surface area contributed by atoms with E-state index in [-0.39, 0.29) is 72.1 Å². The number of ether oxygens (including phenoxy) is 3. The molecule has 0 aliphatic carbocycles. The van der Waals surface area contributed by atoms with E-state index in [9.17, 15) is 24.3 Å². The van der Waals surface area contributed by atoms with E-state index in [1.807, 2.05) is 0 Å². The highest BCUT2D eigenvalue weighted by Crippen LogP contribution is 2.48. The average Bonchev–Trinajstić information content (AvgIpc) is 2.58. The van der Waals surface area contributed by atoms with Crippen LogP contribution >= 0.6 is 47.9 Å². The van der Waals surface area contributed by atoms with Gasteiger partial charge in [-0.1, -0.05) is 20.8 Å². The zero-order valence-electron chi connectivity index (χ0n) is 18.2. The standard InChI is InChI=1S/C19H34O8S4/c1-13(28)10-16(20)25-4-7-31(19(23)24,8-5-26-17(21)11-14(2)29)9-6-27-18(22)12-15(3)30/h13-15,28-30H,4-12H2,1-3H3,(H,23,24). The van der Waals surface area contributed by atoms with Gasteiger partial charge in [-0.25, -0.2) is 4.79 Å². The summed E-state index contributed by atoms with van der Waals surface area (Å²) in [5, 5.41) is 8.34. The molecule has 0 spiro atoms. The summed E-state index contributed by atoms with van der Waals surface area (Å²) in [6.07, 6.45) is 0.326. The third-order valence-corrected chi connectivity index (χ3v) is 8.10. The van der Waals surface area contributed by atoms with Gasteiger partial charge in [-0.15, -0.1) is 10.0 Å². The van der Waals surface area contributed by atoms with Crippen LogP contribution in [0.15, 0.2) is 0 Å². The van der Waals surface area contributed by atoms with Crippen molar-refractivity contribution in [1.82, 2.24) is 0 Å².